The van der Waals surface area contributed by atoms with Gasteiger partial charge in [0.1, 0.15) is 12.2 Å². The van der Waals surface area contributed by atoms with Crippen molar-refractivity contribution in [2.75, 3.05) is 19.2 Å². The third-order valence-electron chi connectivity index (χ3n) is 1.70. The van der Waals surface area contributed by atoms with Gasteiger partial charge in [-0.2, -0.15) is 5.26 Å². The van der Waals surface area contributed by atoms with Gasteiger partial charge in [-0.05, 0) is 12.1 Å². The molecule has 1 N–H and O–H groups in total. The molecule has 0 unspecified atom stereocenters. The molecule has 16 heavy (non-hydrogen) atoms. The fraction of sp³-hybridized carbons (Fsp3) is 0.273. The number of anilines is 1. The van der Waals surface area contributed by atoms with E-state index < -0.39 is 0 Å². The molecule has 0 radical (unpaired) electrons. The van der Waals surface area contributed by atoms with E-state index in [9.17, 15) is 4.79 Å². The van der Waals surface area contributed by atoms with Crippen LogP contribution in [0.4, 0.5) is 5.69 Å². The van der Waals surface area contributed by atoms with Crippen LogP contribution in [0.15, 0.2) is 24.3 Å². The fourth-order valence-electron chi connectivity index (χ4n) is 1.07. The van der Waals surface area contributed by atoms with Crippen LogP contribution >= 0.6 is 0 Å². The van der Waals surface area contributed by atoms with Gasteiger partial charge >= 0.3 is 0 Å². The molecule has 1 rings (SSSR count). The first-order chi connectivity index (χ1) is 7.76. The molecule has 0 saturated heterocycles. The van der Waals surface area contributed by atoms with Gasteiger partial charge in [0.05, 0.1) is 6.07 Å². The molecule has 0 aliphatic heterocycles. The number of carbonyl (C=O) groups is 1. The number of carbonyl (C=O) groups excluding carboxylic acids is 1. The summed E-state index contributed by atoms with van der Waals surface area (Å²) in [6, 6.07) is 8.64. The van der Waals surface area contributed by atoms with Gasteiger partial charge in [0.25, 0.3) is 0 Å². The molecule has 0 heterocycles. The normalized spacial score (nSPS) is 9.25. The van der Waals surface area contributed by atoms with Crippen molar-refractivity contribution in [1.29, 1.82) is 5.26 Å². The maximum atomic E-state index is 11.1. The molecule has 0 aromatic heterocycles. The van der Waals surface area contributed by atoms with E-state index in [1.54, 1.807) is 30.3 Å². The minimum atomic E-state index is -0.341. The first-order valence-electron chi connectivity index (χ1n) is 4.65. The number of hydrogen-bond acceptors (Lipinski definition) is 4. The Kier molecular flexibility index (Phi) is 4.83. The van der Waals surface area contributed by atoms with E-state index in [-0.39, 0.29) is 19.1 Å². The second-order valence-corrected chi connectivity index (χ2v) is 2.96. The SMILES string of the molecule is COCOc1cccc(NC(=O)CC#N)c1. The van der Waals surface area contributed by atoms with E-state index in [0.717, 1.165) is 0 Å². The molecule has 0 bridgehead atoms. The van der Waals surface area contributed by atoms with Crippen LogP contribution in [0.5, 0.6) is 5.75 Å². The molecule has 5 nitrogen and oxygen atoms in total. The van der Waals surface area contributed by atoms with Crippen LogP contribution in [-0.4, -0.2) is 19.8 Å². The summed E-state index contributed by atoms with van der Waals surface area (Å²) in [6.07, 6.45) is -0.164. The summed E-state index contributed by atoms with van der Waals surface area (Å²) < 4.78 is 9.95. The maximum absolute atomic E-state index is 11.1. The average Bonchev–Trinajstić information content (AvgIpc) is 2.27. The van der Waals surface area contributed by atoms with Crippen molar-refractivity contribution in [3.8, 4) is 11.8 Å². The Bertz CT molecular complexity index is 398. The van der Waals surface area contributed by atoms with Gasteiger partial charge in [0, 0.05) is 18.9 Å². The van der Waals surface area contributed by atoms with E-state index in [0.29, 0.717) is 11.4 Å². The van der Waals surface area contributed by atoms with Crippen molar-refractivity contribution in [1.82, 2.24) is 0 Å². The Labute approximate surface area is 93.6 Å². The molecular weight excluding hydrogens is 208 g/mol. The summed E-state index contributed by atoms with van der Waals surface area (Å²) >= 11 is 0. The second kappa shape index (κ2) is 6.43. The number of hydrogen-bond donors (Lipinski definition) is 1. The monoisotopic (exact) mass is 220 g/mol. The van der Waals surface area contributed by atoms with Crippen molar-refractivity contribution in [3.05, 3.63) is 24.3 Å². The number of nitrogens with one attached hydrogen (secondary N) is 1. The van der Waals surface area contributed by atoms with Crippen LogP contribution in [0, 0.1) is 11.3 Å². The molecule has 0 aliphatic rings. The summed E-state index contributed by atoms with van der Waals surface area (Å²) in [5.74, 6) is 0.253. The van der Waals surface area contributed by atoms with Crippen molar-refractivity contribution in [2.45, 2.75) is 6.42 Å². The van der Waals surface area contributed by atoms with E-state index in [2.05, 4.69) is 5.32 Å². The number of rotatable bonds is 5. The molecule has 1 amide bonds. The van der Waals surface area contributed by atoms with Crippen LogP contribution < -0.4 is 10.1 Å². The molecule has 0 saturated carbocycles. The Hall–Kier alpha value is -2.06. The smallest absolute Gasteiger partial charge is 0.238 e. The molecule has 0 spiro atoms. The third-order valence-corrected chi connectivity index (χ3v) is 1.70. The van der Waals surface area contributed by atoms with Gasteiger partial charge in [-0.25, -0.2) is 0 Å². The number of benzene rings is 1. The van der Waals surface area contributed by atoms with Crippen molar-refractivity contribution < 1.29 is 14.3 Å². The van der Waals surface area contributed by atoms with Crippen LogP contribution in [0.3, 0.4) is 0 Å². The lowest BCUT2D eigenvalue weighted by atomic mass is 10.3. The van der Waals surface area contributed by atoms with Crippen molar-refractivity contribution in [2.24, 2.45) is 0 Å². The molecule has 1 aromatic rings. The summed E-state index contributed by atoms with van der Waals surface area (Å²) in [7, 11) is 1.53. The van der Waals surface area contributed by atoms with Crippen LogP contribution in [0.2, 0.25) is 0 Å². The highest BCUT2D eigenvalue weighted by Crippen LogP contribution is 2.17. The highest BCUT2D eigenvalue weighted by Gasteiger charge is 2.02. The summed E-state index contributed by atoms with van der Waals surface area (Å²) in [4.78, 5) is 11.1. The first kappa shape index (κ1) is 12.0. The largest absolute Gasteiger partial charge is 0.467 e. The highest BCUT2D eigenvalue weighted by molar-refractivity contribution is 5.92. The molecular formula is C11H12N2O3. The molecule has 0 atom stereocenters. The fourth-order valence-corrected chi connectivity index (χ4v) is 1.07. The quantitative estimate of drug-likeness (QED) is 0.763. The summed E-state index contributed by atoms with van der Waals surface area (Å²) in [6.45, 7) is 0.148. The zero-order valence-corrected chi connectivity index (χ0v) is 8.90. The average molecular weight is 220 g/mol. The Morgan fingerprint density at radius 3 is 3.06 bits per heavy atom. The predicted molar refractivity (Wildman–Crippen MR) is 57.8 cm³/mol. The predicted octanol–water partition coefficient (Wildman–Crippen LogP) is 1.52. The lowest BCUT2D eigenvalue weighted by molar-refractivity contribution is -0.115. The highest BCUT2D eigenvalue weighted by atomic mass is 16.7. The Morgan fingerprint density at radius 1 is 1.56 bits per heavy atom. The minimum Gasteiger partial charge on any atom is -0.467 e. The van der Waals surface area contributed by atoms with Gasteiger partial charge in [-0.15, -0.1) is 0 Å². The topological polar surface area (TPSA) is 71.3 Å². The number of amides is 1. The van der Waals surface area contributed by atoms with Gasteiger partial charge in [-0.3, -0.25) is 4.79 Å². The number of nitriles is 1. The molecule has 5 heteroatoms. The van der Waals surface area contributed by atoms with Gasteiger partial charge < -0.3 is 14.8 Å². The number of ether oxygens (including phenoxy) is 2. The molecule has 84 valence electrons. The Balaban J connectivity index is 2.60. The summed E-state index contributed by atoms with van der Waals surface area (Å²) in [5.41, 5.74) is 0.592. The minimum absolute atomic E-state index is 0.148. The second-order valence-electron chi connectivity index (χ2n) is 2.96. The van der Waals surface area contributed by atoms with Crippen LogP contribution in [0.1, 0.15) is 6.42 Å². The third kappa shape index (κ3) is 3.98. The maximum Gasteiger partial charge on any atom is 0.238 e. The van der Waals surface area contributed by atoms with E-state index in [4.69, 9.17) is 14.7 Å². The summed E-state index contributed by atoms with van der Waals surface area (Å²) in [5, 5.41) is 10.9. The van der Waals surface area contributed by atoms with Crippen LogP contribution in [-0.2, 0) is 9.53 Å². The first-order valence-corrected chi connectivity index (χ1v) is 4.65. The molecule has 1 aromatic carbocycles. The zero-order chi connectivity index (χ0) is 11.8. The number of nitrogens with zero attached hydrogens (tertiary/aromatic N) is 1. The standard InChI is InChI=1S/C11H12N2O3/c1-15-8-16-10-4-2-3-9(7-10)13-11(14)5-6-12/h2-4,7H,5,8H2,1H3,(H,13,14). The van der Waals surface area contributed by atoms with Crippen LogP contribution in [0.25, 0.3) is 0 Å². The van der Waals surface area contributed by atoms with Gasteiger partial charge in [0.2, 0.25) is 5.91 Å². The lowest BCUT2D eigenvalue weighted by Gasteiger charge is -2.07. The molecule has 0 fully saturated rings. The lowest BCUT2D eigenvalue weighted by Crippen LogP contribution is -2.10. The van der Waals surface area contributed by atoms with Crippen molar-refractivity contribution in [3.63, 3.8) is 0 Å². The van der Waals surface area contributed by atoms with Gasteiger partial charge in [0.15, 0.2) is 6.79 Å². The van der Waals surface area contributed by atoms with Crippen molar-refractivity contribution >= 4 is 11.6 Å². The van der Waals surface area contributed by atoms with Gasteiger partial charge in [-0.1, -0.05) is 6.07 Å². The van der Waals surface area contributed by atoms with E-state index in [1.165, 1.54) is 7.11 Å². The van der Waals surface area contributed by atoms with E-state index in [1.807, 2.05) is 0 Å². The number of methoxy groups -OCH3 is 1. The zero-order valence-electron chi connectivity index (χ0n) is 8.90. The Morgan fingerprint density at radius 2 is 2.38 bits per heavy atom. The molecule has 0 aliphatic carbocycles. The van der Waals surface area contributed by atoms with E-state index >= 15 is 0 Å².